The maximum Gasteiger partial charge on any atom is 0.0954 e. The third kappa shape index (κ3) is 2.21. The van der Waals surface area contributed by atoms with Crippen molar-refractivity contribution < 1.29 is 0 Å². The molecule has 0 fully saturated rings. The minimum absolute atomic E-state index is 0.422. The molecule has 3 nitrogen and oxygen atoms in total. The Morgan fingerprint density at radius 2 is 2.30 bits per heavy atom. The van der Waals surface area contributed by atoms with Crippen molar-refractivity contribution in [2.75, 3.05) is 5.73 Å². The van der Waals surface area contributed by atoms with Gasteiger partial charge in [-0.2, -0.15) is 0 Å². The molecule has 2 aromatic rings. The van der Waals surface area contributed by atoms with Crippen molar-refractivity contribution in [3.05, 3.63) is 47.5 Å². The topological polar surface area (TPSA) is 43.8 Å². The Bertz CT molecular complexity index is 600. The Morgan fingerprint density at radius 3 is 3.10 bits per heavy atom. The zero-order chi connectivity index (χ0) is 14.1. The van der Waals surface area contributed by atoms with Gasteiger partial charge in [0.2, 0.25) is 0 Å². The number of imidazole rings is 1. The average Bonchev–Trinajstić information content (AvgIpc) is 2.94. The molecule has 0 amide bonds. The van der Waals surface area contributed by atoms with Crippen LogP contribution >= 0.6 is 0 Å². The Kier molecular flexibility index (Phi) is 3.51. The van der Waals surface area contributed by atoms with Gasteiger partial charge in [-0.1, -0.05) is 19.9 Å². The summed E-state index contributed by atoms with van der Waals surface area (Å²) in [5, 5.41) is 0. The summed E-state index contributed by atoms with van der Waals surface area (Å²) in [5.41, 5.74) is 11.0. The largest absolute Gasteiger partial charge is 0.399 e. The molecule has 3 heteroatoms. The van der Waals surface area contributed by atoms with E-state index in [1.807, 2.05) is 18.6 Å². The van der Waals surface area contributed by atoms with Crippen LogP contribution in [0, 0.1) is 0 Å². The molecule has 0 saturated heterocycles. The van der Waals surface area contributed by atoms with Gasteiger partial charge in [0.15, 0.2) is 0 Å². The highest BCUT2D eigenvalue weighted by atomic mass is 15.1. The van der Waals surface area contributed by atoms with Crippen LogP contribution in [-0.2, 0) is 6.42 Å². The molecule has 2 N–H and O–H groups in total. The number of hydrogen-bond acceptors (Lipinski definition) is 2. The van der Waals surface area contributed by atoms with E-state index < -0.39 is 0 Å². The number of rotatable bonds is 3. The molecule has 1 aromatic carbocycles. The molecule has 1 aromatic heterocycles. The van der Waals surface area contributed by atoms with Gasteiger partial charge in [0.1, 0.15) is 0 Å². The number of nitrogen functional groups attached to an aromatic ring is 1. The average molecular weight is 269 g/mol. The smallest absolute Gasteiger partial charge is 0.0954 e. The van der Waals surface area contributed by atoms with Crippen LogP contribution < -0.4 is 5.73 Å². The van der Waals surface area contributed by atoms with Gasteiger partial charge in [-0.15, -0.1) is 0 Å². The summed E-state index contributed by atoms with van der Waals surface area (Å²) in [4.78, 5) is 4.40. The Balaban J connectivity index is 2.03. The van der Waals surface area contributed by atoms with E-state index in [-0.39, 0.29) is 0 Å². The molecule has 106 valence electrons. The van der Waals surface area contributed by atoms with E-state index in [0.717, 1.165) is 18.5 Å². The fourth-order valence-corrected chi connectivity index (χ4v) is 3.26. The molecule has 2 unspecified atom stereocenters. The first kappa shape index (κ1) is 13.2. The number of anilines is 1. The minimum Gasteiger partial charge on any atom is -0.399 e. The van der Waals surface area contributed by atoms with Crippen LogP contribution in [0.1, 0.15) is 61.9 Å². The van der Waals surface area contributed by atoms with Gasteiger partial charge >= 0.3 is 0 Å². The Labute approximate surface area is 120 Å². The van der Waals surface area contributed by atoms with Gasteiger partial charge in [0, 0.05) is 17.6 Å². The predicted octanol–water partition coefficient (Wildman–Crippen LogP) is 3.90. The van der Waals surface area contributed by atoms with Crippen molar-refractivity contribution in [1.82, 2.24) is 9.55 Å². The fraction of sp³-hybridized carbons (Fsp3) is 0.471. The van der Waals surface area contributed by atoms with Crippen LogP contribution in [-0.4, -0.2) is 9.55 Å². The fourth-order valence-electron chi connectivity index (χ4n) is 3.26. The first-order valence-electron chi connectivity index (χ1n) is 7.60. The van der Waals surface area contributed by atoms with Gasteiger partial charge in [-0.3, -0.25) is 0 Å². The van der Waals surface area contributed by atoms with Gasteiger partial charge in [-0.05, 0) is 54.9 Å². The van der Waals surface area contributed by atoms with E-state index in [4.69, 9.17) is 5.73 Å². The number of nitrogens with zero attached hydrogens (tertiary/aromatic N) is 2. The Hall–Kier alpha value is -1.77. The summed E-state index contributed by atoms with van der Waals surface area (Å²) < 4.78 is 2.38. The monoisotopic (exact) mass is 269 g/mol. The number of aromatic nitrogens is 2. The van der Waals surface area contributed by atoms with E-state index in [0.29, 0.717) is 12.0 Å². The summed E-state index contributed by atoms with van der Waals surface area (Å²) >= 11 is 0. The van der Waals surface area contributed by atoms with Crippen molar-refractivity contribution in [2.24, 2.45) is 0 Å². The molecule has 20 heavy (non-hydrogen) atoms. The lowest BCUT2D eigenvalue weighted by atomic mass is 9.86. The second-order valence-electron chi connectivity index (χ2n) is 5.90. The third-order valence-corrected chi connectivity index (χ3v) is 4.60. The molecule has 1 aliphatic rings. The van der Waals surface area contributed by atoms with E-state index in [2.05, 4.69) is 35.5 Å². The molecule has 0 aliphatic heterocycles. The van der Waals surface area contributed by atoms with Crippen LogP contribution in [0.2, 0.25) is 0 Å². The highest BCUT2D eigenvalue weighted by Crippen LogP contribution is 2.36. The Morgan fingerprint density at radius 1 is 1.45 bits per heavy atom. The van der Waals surface area contributed by atoms with Gasteiger partial charge < -0.3 is 10.3 Å². The molecular weight excluding hydrogens is 246 g/mol. The van der Waals surface area contributed by atoms with Crippen molar-refractivity contribution in [2.45, 2.75) is 51.5 Å². The quantitative estimate of drug-likeness (QED) is 0.859. The number of hydrogen-bond donors (Lipinski definition) is 1. The zero-order valence-electron chi connectivity index (χ0n) is 12.3. The molecular formula is C17H23N3. The lowest BCUT2D eigenvalue weighted by Gasteiger charge is -2.29. The minimum atomic E-state index is 0.422. The first-order chi connectivity index (χ1) is 9.70. The van der Waals surface area contributed by atoms with Crippen molar-refractivity contribution in [3.63, 3.8) is 0 Å². The summed E-state index contributed by atoms with van der Waals surface area (Å²) in [6.07, 6.45) is 8.73. The maximum atomic E-state index is 5.93. The van der Waals surface area contributed by atoms with E-state index in [9.17, 15) is 0 Å². The number of fused-ring (bicyclic) bond motifs is 1. The molecule has 1 aliphatic carbocycles. The summed E-state index contributed by atoms with van der Waals surface area (Å²) in [6.45, 7) is 4.51. The molecule has 3 rings (SSSR count). The maximum absolute atomic E-state index is 5.93. The van der Waals surface area contributed by atoms with Crippen LogP contribution in [0.15, 0.2) is 30.7 Å². The lowest BCUT2D eigenvalue weighted by Crippen LogP contribution is -2.19. The number of nitrogens with two attached hydrogens (primary N) is 1. The van der Waals surface area contributed by atoms with Crippen molar-refractivity contribution in [3.8, 4) is 0 Å². The van der Waals surface area contributed by atoms with E-state index in [1.54, 1.807) is 0 Å². The number of aryl methyl sites for hydroxylation is 1. The molecule has 0 bridgehead atoms. The second kappa shape index (κ2) is 5.31. The van der Waals surface area contributed by atoms with Crippen LogP contribution in [0.3, 0.4) is 0 Å². The standard InChI is InChI=1S/C17H23N3/c1-3-12(2)17-10-19-11-20(17)16-6-4-5-13-9-14(18)7-8-15(13)16/h7-12,16H,3-6,18H2,1-2H3. The van der Waals surface area contributed by atoms with Gasteiger partial charge in [0.25, 0.3) is 0 Å². The summed E-state index contributed by atoms with van der Waals surface area (Å²) in [5.74, 6) is 0.552. The van der Waals surface area contributed by atoms with E-state index in [1.165, 1.54) is 29.7 Å². The van der Waals surface area contributed by atoms with E-state index >= 15 is 0 Å². The van der Waals surface area contributed by atoms with Crippen molar-refractivity contribution in [1.29, 1.82) is 0 Å². The van der Waals surface area contributed by atoms with Crippen molar-refractivity contribution >= 4 is 5.69 Å². The van der Waals surface area contributed by atoms with Crippen LogP contribution in [0.25, 0.3) is 0 Å². The molecule has 1 heterocycles. The molecule has 0 spiro atoms. The lowest BCUT2D eigenvalue weighted by molar-refractivity contribution is 0.465. The van der Waals surface area contributed by atoms with Gasteiger partial charge in [0.05, 0.1) is 12.4 Å². The third-order valence-electron chi connectivity index (χ3n) is 4.60. The molecule has 0 saturated carbocycles. The SMILES string of the molecule is CCC(C)c1cncn1C1CCCc2cc(N)ccc21. The molecule has 0 radical (unpaired) electrons. The van der Waals surface area contributed by atoms with Crippen LogP contribution in [0.4, 0.5) is 5.69 Å². The summed E-state index contributed by atoms with van der Waals surface area (Å²) in [6, 6.07) is 6.79. The second-order valence-corrected chi connectivity index (χ2v) is 5.90. The zero-order valence-corrected chi connectivity index (χ0v) is 12.3. The molecule has 2 atom stereocenters. The predicted molar refractivity (Wildman–Crippen MR) is 82.9 cm³/mol. The first-order valence-corrected chi connectivity index (χ1v) is 7.60. The summed E-state index contributed by atoms with van der Waals surface area (Å²) in [7, 11) is 0. The van der Waals surface area contributed by atoms with Crippen LogP contribution in [0.5, 0.6) is 0 Å². The number of benzene rings is 1. The highest BCUT2D eigenvalue weighted by Gasteiger charge is 2.24. The van der Waals surface area contributed by atoms with Gasteiger partial charge in [-0.25, -0.2) is 4.98 Å². The normalized spacial score (nSPS) is 19.6. The highest BCUT2D eigenvalue weighted by molar-refractivity contribution is 5.47.